The number of esters is 1. The standard InChI is InChI=1S/C20H22ClN3O7S/c1-23(2)32(28,29)17-11-13(7-8-14(17)21)22-18(25)12-31-20(27)15-5-3-9-24(15)19(26)16-6-4-10-30-16/h4,6-8,10-11,15H,3,5,9,12H2,1-2H3,(H,22,25)/t15-/m0/s1. The number of hydrogen-bond acceptors (Lipinski definition) is 7. The fourth-order valence-electron chi connectivity index (χ4n) is 3.20. The molecular formula is C20H22ClN3O7S. The fourth-order valence-corrected chi connectivity index (χ4v) is 4.60. The van der Waals surface area contributed by atoms with Crippen molar-refractivity contribution in [2.45, 2.75) is 23.8 Å². The average Bonchev–Trinajstić information content (AvgIpc) is 3.45. The molecule has 10 nitrogen and oxygen atoms in total. The SMILES string of the molecule is CN(C)S(=O)(=O)c1cc(NC(=O)COC(=O)[C@@H]2CCCN2C(=O)c2ccco2)ccc1Cl. The van der Waals surface area contributed by atoms with E-state index in [1.165, 1.54) is 49.5 Å². The van der Waals surface area contributed by atoms with Gasteiger partial charge < -0.3 is 19.4 Å². The lowest BCUT2D eigenvalue weighted by molar-refractivity contribution is -0.151. The normalized spacial score (nSPS) is 16.2. The van der Waals surface area contributed by atoms with Crippen molar-refractivity contribution in [3.05, 3.63) is 47.4 Å². The van der Waals surface area contributed by atoms with Crippen LogP contribution in [0, 0.1) is 0 Å². The average molecular weight is 484 g/mol. The molecule has 2 heterocycles. The summed E-state index contributed by atoms with van der Waals surface area (Å²) in [6.45, 7) is -0.226. The van der Waals surface area contributed by atoms with Crippen molar-refractivity contribution in [2.75, 3.05) is 32.6 Å². The first-order valence-corrected chi connectivity index (χ1v) is 11.5. The van der Waals surface area contributed by atoms with E-state index in [-0.39, 0.29) is 21.4 Å². The van der Waals surface area contributed by atoms with E-state index in [2.05, 4.69) is 5.32 Å². The second kappa shape index (κ2) is 9.72. The number of amides is 2. The molecule has 1 aliphatic rings. The fraction of sp³-hybridized carbons (Fsp3) is 0.350. The highest BCUT2D eigenvalue weighted by Crippen LogP contribution is 2.27. The molecule has 2 aromatic rings. The highest BCUT2D eigenvalue weighted by Gasteiger charge is 2.36. The van der Waals surface area contributed by atoms with Crippen molar-refractivity contribution in [1.82, 2.24) is 9.21 Å². The third kappa shape index (κ3) is 5.12. The van der Waals surface area contributed by atoms with Crippen LogP contribution in [0.5, 0.6) is 0 Å². The zero-order valence-corrected chi connectivity index (χ0v) is 19.0. The maximum absolute atomic E-state index is 12.5. The molecule has 0 aliphatic carbocycles. The molecule has 0 radical (unpaired) electrons. The Hall–Kier alpha value is -2.89. The minimum absolute atomic E-state index is 0.00526. The van der Waals surface area contributed by atoms with Gasteiger partial charge in [0.2, 0.25) is 10.0 Å². The van der Waals surface area contributed by atoms with Gasteiger partial charge in [-0.25, -0.2) is 17.5 Å². The molecule has 12 heteroatoms. The van der Waals surface area contributed by atoms with Gasteiger partial charge in [-0.1, -0.05) is 11.6 Å². The molecule has 1 saturated heterocycles. The van der Waals surface area contributed by atoms with Gasteiger partial charge in [0.1, 0.15) is 10.9 Å². The molecule has 32 heavy (non-hydrogen) atoms. The summed E-state index contributed by atoms with van der Waals surface area (Å²) in [6.07, 6.45) is 2.40. The summed E-state index contributed by atoms with van der Waals surface area (Å²) >= 11 is 5.99. The molecular weight excluding hydrogens is 462 g/mol. The number of anilines is 1. The van der Waals surface area contributed by atoms with Crippen LogP contribution in [0.3, 0.4) is 0 Å². The number of rotatable bonds is 7. The first kappa shape index (κ1) is 23.8. The predicted octanol–water partition coefficient (Wildman–Crippen LogP) is 1.97. The highest BCUT2D eigenvalue weighted by atomic mass is 35.5. The van der Waals surface area contributed by atoms with Crippen LogP contribution in [0.2, 0.25) is 5.02 Å². The van der Waals surface area contributed by atoms with Crippen LogP contribution < -0.4 is 5.32 Å². The third-order valence-electron chi connectivity index (χ3n) is 4.84. The minimum atomic E-state index is -3.82. The Labute approximate surface area is 190 Å². The monoisotopic (exact) mass is 483 g/mol. The quantitative estimate of drug-likeness (QED) is 0.596. The topological polar surface area (TPSA) is 126 Å². The number of ether oxygens (including phenoxy) is 1. The molecule has 1 fully saturated rings. The maximum atomic E-state index is 12.5. The molecule has 0 bridgehead atoms. The Bertz CT molecular complexity index is 1120. The van der Waals surface area contributed by atoms with E-state index >= 15 is 0 Å². The number of hydrogen-bond donors (Lipinski definition) is 1. The first-order chi connectivity index (χ1) is 15.1. The lowest BCUT2D eigenvalue weighted by Gasteiger charge is -2.22. The lowest BCUT2D eigenvalue weighted by Crippen LogP contribution is -2.42. The molecule has 1 N–H and O–H groups in total. The number of carbonyl (C=O) groups is 3. The Morgan fingerprint density at radius 3 is 2.69 bits per heavy atom. The van der Waals surface area contributed by atoms with Gasteiger partial charge in [-0.2, -0.15) is 0 Å². The van der Waals surface area contributed by atoms with Crippen LogP contribution in [0.4, 0.5) is 5.69 Å². The Morgan fingerprint density at radius 1 is 1.28 bits per heavy atom. The van der Waals surface area contributed by atoms with Crippen molar-refractivity contribution < 1.29 is 32.0 Å². The summed E-state index contributed by atoms with van der Waals surface area (Å²) in [6, 6.07) is 6.26. The number of carbonyl (C=O) groups excluding carboxylic acids is 3. The van der Waals surface area contributed by atoms with Gasteiger partial charge in [0.05, 0.1) is 11.3 Å². The molecule has 1 atom stereocenters. The minimum Gasteiger partial charge on any atom is -0.459 e. The highest BCUT2D eigenvalue weighted by molar-refractivity contribution is 7.89. The van der Waals surface area contributed by atoms with Gasteiger partial charge in [0.15, 0.2) is 12.4 Å². The smallest absolute Gasteiger partial charge is 0.329 e. The predicted molar refractivity (Wildman–Crippen MR) is 115 cm³/mol. The Morgan fingerprint density at radius 2 is 2.03 bits per heavy atom. The summed E-state index contributed by atoms with van der Waals surface area (Å²) in [5, 5.41) is 2.47. The van der Waals surface area contributed by atoms with Crippen molar-refractivity contribution in [1.29, 1.82) is 0 Å². The molecule has 0 saturated carbocycles. The van der Waals surface area contributed by atoms with Crippen LogP contribution in [0.1, 0.15) is 23.4 Å². The number of likely N-dealkylation sites (tertiary alicyclic amines) is 1. The molecule has 1 aromatic carbocycles. The van der Waals surface area contributed by atoms with E-state index < -0.39 is 40.5 Å². The van der Waals surface area contributed by atoms with Gasteiger partial charge in [-0.3, -0.25) is 9.59 Å². The summed E-state index contributed by atoms with van der Waals surface area (Å²) < 4.78 is 35.9. The molecule has 1 aliphatic heterocycles. The molecule has 0 spiro atoms. The first-order valence-electron chi connectivity index (χ1n) is 9.64. The van der Waals surface area contributed by atoms with Crippen LogP contribution in [-0.4, -0.2) is 68.7 Å². The van der Waals surface area contributed by atoms with Crippen molar-refractivity contribution >= 4 is 45.1 Å². The van der Waals surface area contributed by atoms with Gasteiger partial charge in [0.25, 0.3) is 11.8 Å². The molecule has 1 aromatic heterocycles. The number of sulfonamides is 1. The summed E-state index contributed by atoms with van der Waals surface area (Å²) in [5.41, 5.74) is 0.173. The van der Waals surface area contributed by atoms with Crippen LogP contribution in [0.15, 0.2) is 45.9 Å². The van der Waals surface area contributed by atoms with Gasteiger partial charge in [0, 0.05) is 26.3 Å². The second-order valence-electron chi connectivity index (χ2n) is 7.22. The summed E-state index contributed by atoms with van der Waals surface area (Å²) in [4.78, 5) is 38.4. The Balaban J connectivity index is 1.60. The number of halogens is 1. The number of nitrogens with zero attached hydrogens (tertiary/aromatic N) is 2. The molecule has 3 rings (SSSR count). The van der Waals surface area contributed by atoms with E-state index in [9.17, 15) is 22.8 Å². The maximum Gasteiger partial charge on any atom is 0.329 e. The third-order valence-corrected chi connectivity index (χ3v) is 7.13. The van der Waals surface area contributed by atoms with Gasteiger partial charge >= 0.3 is 5.97 Å². The van der Waals surface area contributed by atoms with Crippen LogP contribution in [-0.2, 0) is 24.3 Å². The summed E-state index contributed by atoms with van der Waals surface area (Å²) in [7, 11) is -1.10. The number of nitrogens with one attached hydrogen (secondary N) is 1. The molecule has 2 amide bonds. The zero-order chi connectivity index (χ0) is 23.5. The zero-order valence-electron chi connectivity index (χ0n) is 17.4. The number of furan rings is 1. The van der Waals surface area contributed by atoms with E-state index in [0.29, 0.717) is 19.4 Å². The van der Waals surface area contributed by atoms with E-state index in [0.717, 1.165) is 4.31 Å². The van der Waals surface area contributed by atoms with Crippen molar-refractivity contribution in [3.63, 3.8) is 0 Å². The Kier molecular flexibility index (Phi) is 7.22. The van der Waals surface area contributed by atoms with E-state index in [1.54, 1.807) is 6.07 Å². The number of benzene rings is 1. The van der Waals surface area contributed by atoms with Crippen molar-refractivity contribution in [3.8, 4) is 0 Å². The lowest BCUT2D eigenvalue weighted by atomic mass is 10.2. The largest absolute Gasteiger partial charge is 0.459 e. The molecule has 0 unspecified atom stereocenters. The van der Waals surface area contributed by atoms with E-state index in [4.69, 9.17) is 20.8 Å². The van der Waals surface area contributed by atoms with Gasteiger partial charge in [-0.15, -0.1) is 0 Å². The second-order valence-corrected chi connectivity index (χ2v) is 9.75. The molecule has 172 valence electrons. The van der Waals surface area contributed by atoms with Crippen molar-refractivity contribution in [2.24, 2.45) is 0 Å². The van der Waals surface area contributed by atoms with Gasteiger partial charge in [-0.05, 0) is 43.2 Å². The van der Waals surface area contributed by atoms with Crippen LogP contribution >= 0.6 is 11.6 Å². The van der Waals surface area contributed by atoms with E-state index in [1.807, 2.05) is 0 Å². The summed E-state index contributed by atoms with van der Waals surface area (Å²) in [5.74, 6) is -1.68. The van der Waals surface area contributed by atoms with Crippen LogP contribution in [0.25, 0.3) is 0 Å².